The second-order valence-corrected chi connectivity index (χ2v) is 23.4. The molecule has 1 atom stereocenters. The molecule has 0 aromatic carbocycles. The molecule has 0 bridgehead atoms. The highest BCUT2D eigenvalue weighted by Crippen LogP contribution is 2.18. The van der Waals surface area contributed by atoms with Crippen LogP contribution in [0.3, 0.4) is 0 Å². The minimum Gasteiger partial charge on any atom is -0.462 e. The topological polar surface area (TPSA) is 78.9 Å². The van der Waals surface area contributed by atoms with E-state index in [-0.39, 0.29) is 31.1 Å². The fourth-order valence-corrected chi connectivity index (χ4v) is 10.1. The normalized spacial score (nSPS) is 12.8. The van der Waals surface area contributed by atoms with Gasteiger partial charge in [0.05, 0.1) is 0 Å². The van der Waals surface area contributed by atoms with Crippen molar-refractivity contribution in [2.45, 2.75) is 348 Å². The summed E-state index contributed by atoms with van der Waals surface area (Å²) in [4.78, 5) is 38.4. The maximum atomic E-state index is 12.9. The van der Waals surface area contributed by atoms with E-state index in [0.29, 0.717) is 19.3 Å². The Kier molecular flexibility index (Phi) is 67.2. The van der Waals surface area contributed by atoms with Crippen LogP contribution in [0, 0.1) is 0 Å². The molecule has 0 fully saturated rings. The molecule has 0 aliphatic rings. The lowest BCUT2D eigenvalue weighted by molar-refractivity contribution is -0.167. The molecule has 0 amide bonds. The molecule has 0 spiro atoms. The molecule has 0 saturated carbocycles. The number of unbranched alkanes of at least 4 members (excludes halogenated alkanes) is 35. The van der Waals surface area contributed by atoms with E-state index in [1.807, 2.05) is 0 Å². The average molecular weight is 1150 g/mol. The lowest BCUT2D eigenvalue weighted by Gasteiger charge is -2.18. The predicted molar refractivity (Wildman–Crippen MR) is 362 cm³/mol. The number of hydrogen-bond donors (Lipinski definition) is 0. The van der Waals surface area contributed by atoms with E-state index in [1.165, 1.54) is 167 Å². The first kappa shape index (κ1) is 79.1. The number of rotatable bonds is 64. The molecule has 83 heavy (non-hydrogen) atoms. The molecule has 0 aliphatic heterocycles. The van der Waals surface area contributed by atoms with Gasteiger partial charge in [0, 0.05) is 19.3 Å². The van der Waals surface area contributed by atoms with E-state index in [2.05, 4.69) is 130 Å². The first-order valence-corrected chi connectivity index (χ1v) is 35.4. The monoisotopic (exact) mass is 1150 g/mol. The third kappa shape index (κ3) is 68.7. The molecule has 0 N–H and O–H groups in total. The van der Waals surface area contributed by atoms with Crippen LogP contribution in [0.5, 0.6) is 0 Å². The van der Waals surface area contributed by atoms with E-state index in [0.717, 1.165) is 135 Å². The van der Waals surface area contributed by atoms with Gasteiger partial charge in [0.2, 0.25) is 0 Å². The maximum absolute atomic E-state index is 12.9. The molecule has 6 nitrogen and oxygen atoms in total. The van der Waals surface area contributed by atoms with Crippen molar-refractivity contribution in [2.24, 2.45) is 0 Å². The van der Waals surface area contributed by atoms with Gasteiger partial charge >= 0.3 is 17.9 Å². The molecule has 0 aliphatic carbocycles. The standard InChI is InChI=1S/C77H132O6/c1-4-7-10-13-16-19-22-25-28-30-32-34-35-36-37-38-39-40-41-43-44-46-49-52-55-58-61-64-67-70-76(79)82-73-74(72-81-75(78)69-66-63-60-57-54-51-48-27-24-21-18-15-12-9-6-3)83-77(80)71-68-65-62-59-56-53-50-47-45-42-33-31-29-26-23-20-17-14-11-8-5-2/h8-9,11-12,17-18,20-21,26-27,29,33,42,47-48,50,54,57,74H,4-7,10,13-16,19,22-25,28,30-32,34-41,43-46,49,51-53,55-56,58-73H2,1-3H3/b11-8-,12-9-,20-17-,21-18-,29-26-,42-33-,48-27-,50-47-,57-54-. The van der Waals surface area contributed by atoms with Crippen molar-refractivity contribution in [3.8, 4) is 0 Å². The van der Waals surface area contributed by atoms with Crippen molar-refractivity contribution >= 4 is 17.9 Å². The molecule has 6 heteroatoms. The molecule has 0 saturated heterocycles. The third-order valence-electron chi connectivity index (χ3n) is 15.3. The molecule has 476 valence electrons. The van der Waals surface area contributed by atoms with Gasteiger partial charge in [-0.25, -0.2) is 0 Å². The molecule has 0 aromatic rings. The zero-order valence-corrected chi connectivity index (χ0v) is 54.7. The van der Waals surface area contributed by atoms with Gasteiger partial charge < -0.3 is 14.2 Å². The Morgan fingerprint density at radius 3 is 0.759 bits per heavy atom. The summed E-state index contributed by atoms with van der Waals surface area (Å²) in [7, 11) is 0. The summed E-state index contributed by atoms with van der Waals surface area (Å²) in [5, 5.41) is 0. The molecular formula is C77H132O6. The van der Waals surface area contributed by atoms with Crippen molar-refractivity contribution in [1.82, 2.24) is 0 Å². The van der Waals surface area contributed by atoms with Crippen molar-refractivity contribution in [1.29, 1.82) is 0 Å². The SMILES string of the molecule is CC/C=C\C/C=C\C/C=C\C/C=C\C/C=C\CCCCCCCC(=O)OC(COC(=O)CCCC/C=C\C/C=C\C/C=C\C/C=C\CC)COC(=O)CCCCCCCCCCCCCCCCCCCCCCCCCCCCCCC. The lowest BCUT2D eigenvalue weighted by Crippen LogP contribution is -2.30. The summed E-state index contributed by atoms with van der Waals surface area (Å²) in [6.07, 6.45) is 97.0. The van der Waals surface area contributed by atoms with Gasteiger partial charge in [0.25, 0.3) is 0 Å². The van der Waals surface area contributed by atoms with Crippen LogP contribution in [0.1, 0.15) is 342 Å². The zero-order chi connectivity index (χ0) is 59.9. The fourth-order valence-electron chi connectivity index (χ4n) is 10.1. The number of ether oxygens (including phenoxy) is 3. The Bertz CT molecular complexity index is 1660. The second kappa shape index (κ2) is 70.6. The summed E-state index contributed by atoms with van der Waals surface area (Å²) in [6.45, 7) is 6.40. The molecule has 1 unspecified atom stereocenters. The third-order valence-corrected chi connectivity index (χ3v) is 15.3. The van der Waals surface area contributed by atoms with E-state index < -0.39 is 6.10 Å². The lowest BCUT2D eigenvalue weighted by atomic mass is 10.0. The summed E-state index contributed by atoms with van der Waals surface area (Å²) in [5.74, 6) is -0.948. The predicted octanol–water partition coefficient (Wildman–Crippen LogP) is 24.6. The number of carbonyl (C=O) groups is 3. The summed E-state index contributed by atoms with van der Waals surface area (Å²) in [6, 6.07) is 0. The van der Waals surface area contributed by atoms with Gasteiger partial charge in [0.1, 0.15) is 13.2 Å². The maximum Gasteiger partial charge on any atom is 0.306 e. The number of esters is 3. The summed E-state index contributed by atoms with van der Waals surface area (Å²) < 4.78 is 16.9. The van der Waals surface area contributed by atoms with Crippen LogP contribution in [0.25, 0.3) is 0 Å². The van der Waals surface area contributed by atoms with Gasteiger partial charge in [-0.2, -0.15) is 0 Å². The van der Waals surface area contributed by atoms with Crippen LogP contribution < -0.4 is 0 Å². The van der Waals surface area contributed by atoms with Crippen molar-refractivity contribution in [3.05, 3.63) is 109 Å². The fraction of sp³-hybridized carbons (Fsp3) is 0.727. The summed E-state index contributed by atoms with van der Waals surface area (Å²) >= 11 is 0. The van der Waals surface area contributed by atoms with Crippen molar-refractivity contribution < 1.29 is 28.6 Å². The molecular weight excluding hydrogens is 1020 g/mol. The van der Waals surface area contributed by atoms with E-state index in [9.17, 15) is 14.4 Å². The zero-order valence-electron chi connectivity index (χ0n) is 54.7. The van der Waals surface area contributed by atoms with E-state index >= 15 is 0 Å². The molecule has 0 heterocycles. The minimum absolute atomic E-state index is 0.0982. The first-order valence-electron chi connectivity index (χ1n) is 35.4. The van der Waals surface area contributed by atoms with Crippen LogP contribution in [-0.4, -0.2) is 37.2 Å². The molecule has 0 rings (SSSR count). The van der Waals surface area contributed by atoms with Gasteiger partial charge in [-0.1, -0.05) is 329 Å². The van der Waals surface area contributed by atoms with E-state index in [4.69, 9.17) is 14.2 Å². The number of hydrogen-bond acceptors (Lipinski definition) is 6. The number of allylic oxidation sites excluding steroid dienone is 18. The Morgan fingerprint density at radius 2 is 0.470 bits per heavy atom. The highest BCUT2D eigenvalue weighted by Gasteiger charge is 2.19. The van der Waals surface area contributed by atoms with Crippen LogP contribution in [0.15, 0.2) is 109 Å². The van der Waals surface area contributed by atoms with Crippen molar-refractivity contribution in [3.63, 3.8) is 0 Å². The smallest absolute Gasteiger partial charge is 0.306 e. The Balaban J connectivity index is 4.31. The highest BCUT2D eigenvalue weighted by atomic mass is 16.6. The Labute approximate surface area is 514 Å². The Hall–Kier alpha value is -3.93. The van der Waals surface area contributed by atoms with Crippen LogP contribution in [0.4, 0.5) is 0 Å². The van der Waals surface area contributed by atoms with Gasteiger partial charge in [0.15, 0.2) is 6.10 Å². The van der Waals surface area contributed by atoms with Crippen LogP contribution in [0.2, 0.25) is 0 Å². The van der Waals surface area contributed by atoms with Crippen LogP contribution in [-0.2, 0) is 28.6 Å². The highest BCUT2D eigenvalue weighted by molar-refractivity contribution is 5.71. The number of carbonyl (C=O) groups excluding carboxylic acids is 3. The summed E-state index contributed by atoms with van der Waals surface area (Å²) in [5.41, 5.74) is 0. The average Bonchev–Trinajstić information content (AvgIpc) is 3.49. The Morgan fingerprint density at radius 1 is 0.253 bits per heavy atom. The van der Waals surface area contributed by atoms with Crippen LogP contribution >= 0.6 is 0 Å². The van der Waals surface area contributed by atoms with Gasteiger partial charge in [-0.3, -0.25) is 14.4 Å². The van der Waals surface area contributed by atoms with Gasteiger partial charge in [-0.05, 0) is 103 Å². The molecule has 0 radical (unpaired) electrons. The quantitative estimate of drug-likeness (QED) is 0.0261. The van der Waals surface area contributed by atoms with Gasteiger partial charge in [-0.15, -0.1) is 0 Å². The largest absolute Gasteiger partial charge is 0.462 e. The second-order valence-electron chi connectivity index (χ2n) is 23.4. The van der Waals surface area contributed by atoms with Crippen molar-refractivity contribution in [2.75, 3.05) is 13.2 Å². The van der Waals surface area contributed by atoms with E-state index in [1.54, 1.807) is 0 Å². The minimum atomic E-state index is -0.809. The molecule has 0 aromatic heterocycles. The first-order chi connectivity index (χ1) is 41.0.